The Kier molecular flexibility index (Phi) is 6.18. The molecule has 4 nitrogen and oxygen atoms in total. The van der Waals surface area contributed by atoms with Crippen LogP contribution >= 0.6 is 0 Å². The van der Waals surface area contributed by atoms with Gasteiger partial charge in [0, 0.05) is 13.1 Å². The van der Waals surface area contributed by atoms with E-state index in [4.69, 9.17) is 0 Å². The van der Waals surface area contributed by atoms with Crippen LogP contribution in [0.15, 0.2) is 30.3 Å². The van der Waals surface area contributed by atoms with Crippen LogP contribution in [0.4, 0.5) is 0 Å². The summed E-state index contributed by atoms with van der Waals surface area (Å²) in [6.45, 7) is 3.51. The smallest absolute Gasteiger partial charge is 0.212 e. The predicted molar refractivity (Wildman–Crippen MR) is 70.5 cm³/mol. The lowest BCUT2D eigenvalue weighted by molar-refractivity contribution is 0.579. The van der Waals surface area contributed by atoms with Crippen molar-refractivity contribution < 1.29 is 8.42 Å². The third-order valence-electron chi connectivity index (χ3n) is 2.35. The lowest BCUT2D eigenvalue weighted by atomic mass is 10.1. The third-order valence-corrected chi connectivity index (χ3v) is 3.82. The summed E-state index contributed by atoms with van der Waals surface area (Å²) in [6, 6.07) is 10.1. The van der Waals surface area contributed by atoms with Gasteiger partial charge < -0.3 is 5.32 Å². The molecule has 2 N–H and O–H groups in total. The number of hydrogen-bond donors (Lipinski definition) is 2. The van der Waals surface area contributed by atoms with Gasteiger partial charge in [0.1, 0.15) is 0 Å². The SMILES string of the molecule is CCNS(=O)(=O)CCNCCc1ccccc1. The van der Waals surface area contributed by atoms with Gasteiger partial charge in [-0.2, -0.15) is 0 Å². The highest BCUT2D eigenvalue weighted by Gasteiger charge is 2.06. The zero-order valence-electron chi connectivity index (χ0n) is 10.1. The Hall–Kier alpha value is -0.910. The highest BCUT2D eigenvalue weighted by Crippen LogP contribution is 1.97. The zero-order chi connectivity index (χ0) is 12.6. The molecule has 5 heteroatoms. The van der Waals surface area contributed by atoms with E-state index in [2.05, 4.69) is 22.2 Å². The molecule has 1 aromatic rings. The fourth-order valence-corrected chi connectivity index (χ4v) is 2.50. The van der Waals surface area contributed by atoms with E-state index < -0.39 is 10.0 Å². The molecule has 0 aromatic heterocycles. The monoisotopic (exact) mass is 256 g/mol. The molecule has 0 radical (unpaired) electrons. The van der Waals surface area contributed by atoms with Crippen LogP contribution in [0.5, 0.6) is 0 Å². The van der Waals surface area contributed by atoms with Crippen molar-refractivity contribution in [1.82, 2.24) is 10.0 Å². The van der Waals surface area contributed by atoms with E-state index in [1.54, 1.807) is 6.92 Å². The molecule has 0 saturated carbocycles. The average molecular weight is 256 g/mol. The second kappa shape index (κ2) is 7.42. The molecule has 0 bridgehead atoms. The summed E-state index contributed by atoms with van der Waals surface area (Å²) in [5.41, 5.74) is 1.26. The van der Waals surface area contributed by atoms with Crippen molar-refractivity contribution in [3.8, 4) is 0 Å². The molecule has 1 rings (SSSR count). The summed E-state index contributed by atoms with van der Waals surface area (Å²) in [5.74, 6) is 0.135. The van der Waals surface area contributed by atoms with Gasteiger partial charge in [-0.05, 0) is 18.5 Å². The number of nitrogens with one attached hydrogen (secondary N) is 2. The molecule has 0 aliphatic carbocycles. The van der Waals surface area contributed by atoms with Crippen molar-refractivity contribution in [3.05, 3.63) is 35.9 Å². The molecule has 0 fully saturated rings. The van der Waals surface area contributed by atoms with E-state index in [1.165, 1.54) is 5.56 Å². The Morgan fingerprint density at radius 2 is 1.82 bits per heavy atom. The second-order valence-corrected chi connectivity index (χ2v) is 5.73. The first-order valence-electron chi connectivity index (χ1n) is 5.86. The number of rotatable bonds is 8. The lowest BCUT2D eigenvalue weighted by Gasteiger charge is -2.06. The highest BCUT2D eigenvalue weighted by atomic mass is 32.2. The van der Waals surface area contributed by atoms with Crippen LogP contribution in [0.25, 0.3) is 0 Å². The van der Waals surface area contributed by atoms with Crippen LogP contribution in [0.1, 0.15) is 12.5 Å². The van der Waals surface area contributed by atoms with Gasteiger partial charge in [0.05, 0.1) is 5.75 Å². The maximum Gasteiger partial charge on any atom is 0.212 e. The summed E-state index contributed by atoms with van der Waals surface area (Å²) >= 11 is 0. The molecule has 0 amide bonds. The summed E-state index contributed by atoms with van der Waals surface area (Å²) < 4.78 is 25.1. The molecule has 0 unspecified atom stereocenters. The minimum atomic E-state index is -3.09. The predicted octanol–water partition coefficient (Wildman–Crippen LogP) is 0.758. The van der Waals surface area contributed by atoms with Crippen molar-refractivity contribution in [2.75, 3.05) is 25.4 Å². The normalized spacial score (nSPS) is 11.6. The summed E-state index contributed by atoms with van der Waals surface area (Å²) in [4.78, 5) is 0. The van der Waals surface area contributed by atoms with Crippen molar-refractivity contribution in [2.24, 2.45) is 0 Å². The third kappa shape index (κ3) is 6.41. The Morgan fingerprint density at radius 3 is 2.47 bits per heavy atom. The number of benzene rings is 1. The topological polar surface area (TPSA) is 58.2 Å². The maximum atomic E-state index is 11.3. The largest absolute Gasteiger partial charge is 0.315 e. The van der Waals surface area contributed by atoms with E-state index in [0.717, 1.165) is 13.0 Å². The number of hydrogen-bond acceptors (Lipinski definition) is 3. The quantitative estimate of drug-likeness (QED) is 0.675. The number of sulfonamides is 1. The van der Waals surface area contributed by atoms with Gasteiger partial charge in [-0.25, -0.2) is 13.1 Å². The van der Waals surface area contributed by atoms with Crippen molar-refractivity contribution >= 4 is 10.0 Å². The van der Waals surface area contributed by atoms with Crippen LogP contribution in [-0.2, 0) is 16.4 Å². The summed E-state index contributed by atoms with van der Waals surface area (Å²) in [7, 11) is -3.09. The van der Waals surface area contributed by atoms with Gasteiger partial charge in [-0.3, -0.25) is 0 Å². The van der Waals surface area contributed by atoms with Crippen molar-refractivity contribution in [2.45, 2.75) is 13.3 Å². The first-order valence-corrected chi connectivity index (χ1v) is 7.51. The summed E-state index contributed by atoms with van der Waals surface area (Å²) in [6.07, 6.45) is 0.919. The van der Waals surface area contributed by atoms with Crippen molar-refractivity contribution in [1.29, 1.82) is 0 Å². The standard InChI is InChI=1S/C12H20N2O2S/c1-2-14-17(15,16)11-10-13-9-8-12-6-4-3-5-7-12/h3-7,13-14H,2,8-11H2,1H3. The van der Waals surface area contributed by atoms with Gasteiger partial charge >= 0.3 is 0 Å². The van der Waals surface area contributed by atoms with Gasteiger partial charge in [0.2, 0.25) is 10.0 Å². The minimum Gasteiger partial charge on any atom is -0.315 e. The van der Waals surface area contributed by atoms with Crippen LogP contribution in [-0.4, -0.2) is 33.8 Å². The Morgan fingerprint density at radius 1 is 1.12 bits per heavy atom. The van der Waals surface area contributed by atoms with E-state index in [0.29, 0.717) is 13.1 Å². The summed E-state index contributed by atoms with van der Waals surface area (Å²) in [5, 5.41) is 3.13. The fourth-order valence-electron chi connectivity index (χ4n) is 1.50. The Balaban J connectivity index is 2.13. The average Bonchev–Trinajstić information content (AvgIpc) is 2.30. The molecule has 0 atom stereocenters. The fraction of sp³-hybridized carbons (Fsp3) is 0.500. The minimum absolute atomic E-state index is 0.135. The Labute approximate surface area is 103 Å². The molecule has 0 spiro atoms. The maximum absolute atomic E-state index is 11.3. The van der Waals surface area contributed by atoms with Gasteiger partial charge in [0.25, 0.3) is 0 Å². The molecule has 1 aromatic carbocycles. The zero-order valence-corrected chi connectivity index (χ0v) is 11.0. The van der Waals surface area contributed by atoms with Gasteiger partial charge in [-0.1, -0.05) is 37.3 Å². The van der Waals surface area contributed by atoms with Crippen LogP contribution in [0.3, 0.4) is 0 Å². The molecule has 0 aliphatic heterocycles. The van der Waals surface area contributed by atoms with Crippen LogP contribution in [0.2, 0.25) is 0 Å². The van der Waals surface area contributed by atoms with Gasteiger partial charge in [0.15, 0.2) is 0 Å². The first-order chi connectivity index (χ1) is 8.14. The van der Waals surface area contributed by atoms with E-state index >= 15 is 0 Å². The van der Waals surface area contributed by atoms with Crippen molar-refractivity contribution in [3.63, 3.8) is 0 Å². The van der Waals surface area contributed by atoms with E-state index in [-0.39, 0.29) is 5.75 Å². The molecule has 0 saturated heterocycles. The van der Waals surface area contributed by atoms with Crippen LogP contribution < -0.4 is 10.0 Å². The lowest BCUT2D eigenvalue weighted by Crippen LogP contribution is -2.32. The highest BCUT2D eigenvalue weighted by molar-refractivity contribution is 7.89. The molecular formula is C12H20N2O2S. The van der Waals surface area contributed by atoms with E-state index in [9.17, 15) is 8.42 Å². The molecule has 17 heavy (non-hydrogen) atoms. The molecule has 0 heterocycles. The van der Waals surface area contributed by atoms with E-state index in [1.807, 2.05) is 18.2 Å². The first kappa shape index (κ1) is 14.2. The molecule has 96 valence electrons. The molecule has 0 aliphatic rings. The van der Waals surface area contributed by atoms with Gasteiger partial charge in [-0.15, -0.1) is 0 Å². The second-order valence-electron chi connectivity index (χ2n) is 3.80. The van der Waals surface area contributed by atoms with Crippen LogP contribution in [0, 0.1) is 0 Å². The Bertz CT molecular complexity index is 404. The molecular weight excluding hydrogens is 236 g/mol.